The predicted molar refractivity (Wildman–Crippen MR) is 151 cm³/mol. The standard InChI is InChI=1S/C29H33F5N6O2/c1-17(2)40-11-12-41-27-24(40)13-18(14-25(27)42-29(32,33)34)26-22(31)16-35-28(37-26)36-19-5-6-23(21(30)15-19)39-9-7-20(8-10-39)38(3)4/h5-6,13-17,20H,7-12H2,1-4H3,(H,35,36,37). The Morgan fingerprint density at radius 3 is 2.40 bits per heavy atom. The maximum absolute atomic E-state index is 15.1. The van der Waals surface area contributed by atoms with Crippen LogP contribution < -0.4 is 24.6 Å². The fourth-order valence-electron chi connectivity index (χ4n) is 5.41. The monoisotopic (exact) mass is 592 g/mol. The van der Waals surface area contributed by atoms with Gasteiger partial charge in [0.25, 0.3) is 0 Å². The highest BCUT2D eigenvalue weighted by atomic mass is 19.4. The average Bonchev–Trinajstić information content (AvgIpc) is 2.93. The molecule has 3 aromatic rings. The van der Waals surface area contributed by atoms with E-state index in [2.05, 4.69) is 24.9 Å². The second kappa shape index (κ2) is 11.8. The van der Waals surface area contributed by atoms with Crippen LogP contribution in [0.3, 0.4) is 0 Å². The number of anilines is 4. The maximum Gasteiger partial charge on any atom is 0.573 e. The van der Waals surface area contributed by atoms with Gasteiger partial charge in [-0.3, -0.25) is 0 Å². The molecule has 1 saturated heterocycles. The van der Waals surface area contributed by atoms with E-state index in [9.17, 15) is 13.2 Å². The maximum atomic E-state index is 15.1. The van der Waals surface area contributed by atoms with E-state index in [0.717, 1.165) is 38.2 Å². The molecule has 2 aromatic carbocycles. The molecule has 42 heavy (non-hydrogen) atoms. The van der Waals surface area contributed by atoms with Gasteiger partial charge < -0.3 is 29.5 Å². The van der Waals surface area contributed by atoms with Gasteiger partial charge in [-0.1, -0.05) is 0 Å². The van der Waals surface area contributed by atoms with Gasteiger partial charge in [-0.05, 0) is 71.1 Å². The topological polar surface area (TPSA) is 66.0 Å². The Morgan fingerprint density at radius 1 is 1.02 bits per heavy atom. The Balaban J connectivity index is 1.43. The van der Waals surface area contributed by atoms with Crippen LogP contribution in [0.15, 0.2) is 36.5 Å². The van der Waals surface area contributed by atoms with Crippen molar-refractivity contribution in [3.8, 4) is 22.8 Å². The first kappa shape index (κ1) is 29.6. The van der Waals surface area contributed by atoms with Crippen molar-refractivity contribution in [3.05, 3.63) is 48.2 Å². The summed E-state index contributed by atoms with van der Waals surface area (Å²) >= 11 is 0. The van der Waals surface area contributed by atoms with E-state index < -0.39 is 23.7 Å². The number of ether oxygens (including phenoxy) is 2. The summed E-state index contributed by atoms with van der Waals surface area (Å²) in [6, 6.07) is 7.59. The first-order valence-electron chi connectivity index (χ1n) is 13.7. The second-order valence-electron chi connectivity index (χ2n) is 10.9. The number of halogens is 5. The van der Waals surface area contributed by atoms with Crippen LogP contribution in [0.2, 0.25) is 0 Å². The quantitative estimate of drug-likeness (QED) is 0.326. The molecule has 3 heterocycles. The molecular formula is C29H33F5N6O2. The summed E-state index contributed by atoms with van der Waals surface area (Å²) in [4.78, 5) is 14.2. The number of nitrogens with zero attached hydrogens (tertiary/aromatic N) is 5. The van der Waals surface area contributed by atoms with Crippen molar-refractivity contribution >= 4 is 23.0 Å². The zero-order chi connectivity index (χ0) is 30.2. The number of nitrogens with one attached hydrogen (secondary N) is 1. The number of benzene rings is 2. The van der Waals surface area contributed by atoms with Gasteiger partial charge in [0.15, 0.2) is 17.3 Å². The first-order valence-corrected chi connectivity index (χ1v) is 13.7. The number of alkyl halides is 3. The molecule has 1 aromatic heterocycles. The third-order valence-electron chi connectivity index (χ3n) is 7.53. The largest absolute Gasteiger partial charge is 0.573 e. The Labute approximate surface area is 241 Å². The summed E-state index contributed by atoms with van der Waals surface area (Å²) in [6.07, 6.45) is -2.23. The highest BCUT2D eigenvalue weighted by Crippen LogP contribution is 2.46. The zero-order valence-corrected chi connectivity index (χ0v) is 23.8. The van der Waals surface area contributed by atoms with Gasteiger partial charge in [0.1, 0.15) is 18.1 Å². The SMILES string of the molecule is CC(C)N1CCOc2c(OC(F)(F)F)cc(-c3nc(Nc4ccc(N5CCC(N(C)C)CC5)c(F)c4)ncc3F)cc21. The van der Waals surface area contributed by atoms with Gasteiger partial charge in [-0.2, -0.15) is 0 Å². The molecule has 0 atom stereocenters. The lowest BCUT2D eigenvalue weighted by molar-refractivity contribution is -0.275. The van der Waals surface area contributed by atoms with Crippen molar-refractivity contribution in [1.82, 2.24) is 14.9 Å². The van der Waals surface area contributed by atoms with E-state index in [0.29, 0.717) is 29.6 Å². The smallest absolute Gasteiger partial charge is 0.486 e. The van der Waals surface area contributed by atoms with E-state index in [-0.39, 0.29) is 35.6 Å². The summed E-state index contributed by atoms with van der Waals surface area (Å²) in [5.74, 6) is -2.01. The van der Waals surface area contributed by atoms with Crippen molar-refractivity contribution in [3.63, 3.8) is 0 Å². The number of hydrogen-bond acceptors (Lipinski definition) is 8. The summed E-state index contributed by atoms with van der Waals surface area (Å²) in [5, 5.41) is 2.88. The Kier molecular flexibility index (Phi) is 8.31. The minimum atomic E-state index is -4.99. The lowest BCUT2D eigenvalue weighted by Gasteiger charge is -2.36. The molecule has 0 amide bonds. The van der Waals surface area contributed by atoms with E-state index in [1.165, 1.54) is 12.1 Å². The molecule has 0 aliphatic carbocycles. The highest BCUT2D eigenvalue weighted by Gasteiger charge is 2.35. The molecule has 0 saturated carbocycles. The van der Waals surface area contributed by atoms with Gasteiger partial charge in [0, 0.05) is 36.4 Å². The van der Waals surface area contributed by atoms with Crippen LogP contribution in [0.4, 0.5) is 45.0 Å². The number of piperidine rings is 1. The fourth-order valence-corrected chi connectivity index (χ4v) is 5.41. The first-order chi connectivity index (χ1) is 19.9. The number of hydrogen-bond donors (Lipinski definition) is 1. The minimum Gasteiger partial charge on any atom is -0.486 e. The molecule has 13 heteroatoms. The lowest BCUT2D eigenvalue weighted by atomic mass is 10.0. The Bertz CT molecular complexity index is 1430. The van der Waals surface area contributed by atoms with Gasteiger partial charge >= 0.3 is 6.36 Å². The van der Waals surface area contributed by atoms with Crippen molar-refractivity contribution in [2.75, 3.05) is 55.5 Å². The van der Waals surface area contributed by atoms with Gasteiger partial charge in [0.05, 0.1) is 24.1 Å². The second-order valence-corrected chi connectivity index (χ2v) is 10.9. The van der Waals surface area contributed by atoms with Crippen LogP contribution >= 0.6 is 0 Å². The summed E-state index contributed by atoms with van der Waals surface area (Å²) in [7, 11) is 4.08. The van der Waals surface area contributed by atoms with Crippen molar-refractivity contribution in [2.24, 2.45) is 0 Å². The van der Waals surface area contributed by atoms with Crippen molar-refractivity contribution in [1.29, 1.82) is 0 Å². The minimum absolute atomic E-state index is 0.0368. The summed E-state index contributed by atoms with van der Waals surface area (Å²) in [5.41, 5.74) is 0.935. The molecule has 0 bridgehead atoms. The molecule has 1 N–H and O–H groups in total. The van der Waals surface area contributed by atoms with E-state index in [1.54, 1.807) is 12.1 Å². The van der Waals surface area contributed by atoms with Crippen LogP contribution in [-0.2, 0) is 0 Å². The molecule has 1 fully saturated rings. The predicted octanol–water partition coefficient (Wildman–Crippen LogP) is 6.20. The summed E-state index contributed by atoms with van der Waals surface area (Å²) in [6.45, 7) is 5.82. The van der Waals surface area contributed by atoms with Gasteiger partial charge in [-0.15, -0.1) is 13.2 Å². The molecule has 0 spiro atoms. The lowest BCUT2D eigenvalue weighted by Crippen LogP contribution is -2.42. The Morgan fingerprint density at radius 2 is 1.76 bits per heavy atom. The fraction of sp³-hybridized carbons (Fsp3) is 0.448. The van der Waals surface area contributed by atoms with Crippen LogP contribution in [0.1, 0.15) is 26.7 Å². The molecule has 0 unspecified atom stereocenters. The molecule has 0 radical (unpaired) electrons. The molecule has 2 aliphatic heterocycles. The van der Waals surface area contributed by atoms with Crippen LogP contribution in [-0.4, -0.2) is 73.7 Å². The van der Waals surface area contributed by atoms with Crippen molar-refractivity contribution in [2.45, 2.75) is 45.1 Å². The van der Waals surface area contributed by atoms with E-state index in [4.69, 9.17) is 4.74 Å². The molecule has 5 rings (SSSR count). The van der Waals surface area contributed by atoms with Gasteiger partial charge in [0.2, 0.25) is 5.95 Å². The van der Waals surface area contributed by atoms with Crippen LogP contribution in [0.25, 0.3) is 11.3 Å². The number of fused-ring (bicyclic) bond motifs is 1. The molecule has 226 valence electrons. The Hall–Kier alpha value is -3.87. The van der Waals surface area contributed by atoms with Crippen LogP contribution in [0, 0.1) is 11.6 Å². The van der Waals surface area contributed by atoms with Gasteiger partial charge in [-0.25, -0.2) is 18.7 Å². The highest BCUT2D eigenvalue weighted by molar-refractivity contribution is 5.77. The third-order valence-corrected chi connectivity index (χ3v) is 7.53. The number of rotatable bonds is 7. The third kappa shape index (κ3) is 6.45. The normalized spacial score (nSPS) is 16.1. The van der Waals surface area contributed by atoms with E-state index in [1.807, 2.05) is 37.7 Å². The van der Waals surface area contributed by atoms with Crippen molar-refractivity contribution < 1.29 is 31.4 Å². The molecular weight excluding hydrogens is 559 g/mol. The van der Waals surface area contributed by atoms with Crippen LogP contribution in [0.5, 0.6) is 11.5 Å². The number of aromatic nitrogens is 2. The molecule has 8 nitrogen and oxygen atoms in total. The summed E-state index contributed by atoms with van der Waals surface area (Å²) < 4.78 is 79.8. The molecule has 2 aliphatic rings. The van der Waals surface area contributed by atoms with E-state index >= 15 is 8.78 Å². The average molecular weight is 593 g/mol. The zero-order valence-electron chi connectivity index (χ0n) is 23.8.